The van der Waals surface area contributed by atoms with Gasteiger partial charge in [-0.25, -0.2) is 4.79 Å². The third-order valence-electron chi connectivity index (χ3n) is 8.20. The van der Waals surface area contributed by atoms with Crippen molar-refractivity contribution in [2.75, 3.05) is 39.8 Å². The Hall–Kier alpha value is -3.37. The number of hydrogen-bond donors (Lipinski definition) is 0. The molecule has 1 aromatic heterocycles. The molecule has 2 aliphatic heterocycles. The van der Waals surface area contributed by atoms with E-state index in [0.717, 1.165) is 43.1 Å². The molecule has 3 aromatic rings. The number of likely N-dealkylation sites (N-methyl/N-ethyl adjacent to an activating group) is 2. The lowest BCUT2D eigenvalue weighted by Gasteiger charge is -2.29. The van der Waals surface area contributed by atoms with Gasteiger partial charge in [-0.05, 0) is 54.8 Å². The number of rotatable bonds is 7. The van der Waals surface area contributed by atoms with E-state index in [1.54, 1.807) is 24.1 Å². The van der Waals surface area contributed by atoms with E-state index in [-0.39, 0.29) is 18.0 Å². The van der Waals surface area contributed by atoms with Gasteiger partial charge in [0.05, 0.1) is 16.5 Å². The highest BCUT2D eigenvalue weighted by atomic mass is 32.1. The summed E-state index contributed by atoms with van der Waals surface area (Å²) in [6.07, 6.45) is -2.73. The van der Waals surface area contributed by atoms with Crippen LogP contribution in [-0.2, 0) is 12.7 Å². The molecule has 2 fully saturated rings. The zero-order valence-corrected chi connectivity index (χ0v) is 24.1. The van der Waals surface area contributed by atoms with Crippen LogP contribution in [0.4, 0.5) is 18.0 Å². The van der Waals surface area contributed by atoms with Crippen LogP contribution in [0, 0.1) is 0 Å². The molecule has 2 atom stereocenters. The summed E-state index contributed by atoms with van der Waals surface area (Å²) in [6.45, 7) is 6.47. The fourth-order valence-electron chi connectivity index (χ4n) is 5.73. The van der Waals surface area contributed by atoms with Gasteiger partial charge in [-0.3, -0.25) is 9.69 Å². The second kappa shape index (κ2) is 12.2. The average molecular weight is 585 g/mol. The SMILES string of the molecule is CCN(Cc1ccccc1)C1CCN(C(=O)N2CCC(N(C)C(=O)c3ccc(-c4ccc(C(F)(F)F)cc4)s3)C2)C1. The molecular weight excluding hydrogens is 549 g/mol. The number of hydrogen-bond acceptors (Lipinski definition) is 4. The van der Waals surface area contributed by atoms with E-state index in [0.29, 0.717) is 42.5 Å². The summed E-state index contributed by atoms with van der Waals surface area (Å²) in [5, 5.41) is 0. The van der Waals surface area contributed by atoms with E-state index < -0.39 is 11.7 Å². The molecule has 3 amide bonds. The minimum atomic E-state index is -4.39. The highest BCUT2D eigenvalue weighted by Crippen LogP contribution is 2.34. The Balaban J connectivity index is 1.15. The minimum Gasteiger partial charge on any atom is -0.336 e. The van der Waals surface area contributed by atoms with E-state index in [1.807, 2.05) is 15.9 Å². The van der Waals surface area contributed by atoms with Gasteiger partial charge in [0, 0.05) is 50.7 Å². The second-order valence-corrected chi connectivity index (χ2v) is 11.8. The van der Waals surface area contributed by atoms with E-state index in [9.17, 15) is 22.8 Å². The molecule has 6 nitrogen and oxygen atoms in total. The maximum absolute atomic E-state index is 13.4. The molecule has 5 rings (SSSR count). The smallest absolute Gasteiger partial charge is 0.336 e. The van der Waals surface area contributed by atoms with Crippen molar-refractivity contribution in [1.82, 2.24) is 19.6 Å². The zero-order chi connectivity index (χ0) is 29.1. The van der Waals surface area contributed by atoms with Gasteiger partial charge >= 0.3 is 12.2 Å². The van der Waals surface area contributed by atoms with Crippen molar-refractivity contribution in [3.63, 3.8) is 0 Å². The summed E-state index contributed by atoms with van der Waals surface area (Å²) in [5.41, 5.74) is 1.21. The van der Waals surface area contributed by atoms with Crippen molar-refractivity contribution in [3.05, 3.63) is 82.7 Å². The van der Waals surface area contributed by atoms with Crippen LogP contribution in [0.15, 0.2) is 66.7 Å². The molecule has 218 valence electrons. The summed E-state index contributed by atoms with van der Waals surface area (Å²) in [4.78, 5) is 35.8. The maximum Gasteiger partial charge on any atom is 0.416 e. The standard InChI is InChI=1S/C31H35F3N4O2S/c1-3-36(19-22-7-5-4-6-8-22)26-16-18-38(21-26)30(40)37-17-15-25(20-37)35(2)29(39)28-14-13-27(41-28)23-9-11-24(12-10-23)31(32,33)34/h4-14,25-26H,3,15-21H2,1-2H3. The average Bonchev–Trinajstić information content (AvgIpc) is 3.76. The first-order valence-electron chi connectivity index (χ1n) is 14.0. The number of carbonyl (C=O) groups is 2. The summed E-state index contributed by atoms with van der Waals surface area (Å²) < 4.78 is 38.7. The molecule has 2 saturated heterocycles. The normalized spacial score (nSPS) is 19.3. The molecular formula is C31H35F3N4O2S. The highest BCUT2D eigenvalue weighted by Gasteiger charge is 2.37. The summed E-state index contributed by atoms with van der Waals surface area (Å²) in [5.74, 6) is -0.145. The predicted octanol–water partition coefficient (Wildman–Crippen LogP) is 6.30. The van der Waals surface area contributed by atoms with Crippen molar-refractivity contribution in [2.45, 2.75) is 44.6 Å². The maximum atomic E-state index is 13.4. The Kier molecular flexibility index (Phi) is 8.70. The number of alkyl halides is 3. The molecule has 0 N–H and O–H groups in total. The second-order valence-electron chi connectivity index (χ2n) is 10.8. The predicted molar refractivity (Wildman–Crippen MR) is 155 cm³/mol. The third-order valence-corrected chi connectivity index (χ3v) is 9.32. The molecule has 2 aliphatic rings. The number of halogens is 3. The van der Waals surface area contributed by atoms with Gasteiger partial charge < -0.3 is 14.7 Å². The van der Waals surface area contributed by atoms with Gasteiger partial charge in [0.1, 0.15) is 0 Å². The lowest BCUT2D eigenvalue weighted by Crippen LogP contribution is -2.45. The van der Waals surface area contributed by atoms with E-state index in [1.165, 1.54) is 29.0 Å². The lowest BCUT2D eigenvalue weighted by atomic mass is 10.1. The molecule has 0 saturated carbocycles. The van der Waals surface area contributed by atoms with Crippen LogP contribution in [0.1, 0.15) is 40.6 Å². The van der Waals surface area contributed by atoms with Crippen LogP contribution in [0.2, 0.25) is 0 Å². The fourth-order valence-corrected chi connectivity index (χ4v) is 6.73. The molecule has 2 unspecified atom stereocenters. The summed E-state index contributed by atoms with van der Waals surface area (Å²) in [7, 11) is 1.76. The summed E-state index contributed by atoms with van der Waals surface area (Å²) in [6, 6.07) is 19.1. The lowest BCUT2D eigenvalue weighted by molar-refractivity contribution is -0.137. The molecule has 10 heteroatoms. The van der Waals surface area contributed by atoms with Crippen LogP contribution in [0.5, 0.6) is 0 Å². The third kappa shape index (κ3) is 6.59. The van der Waals surface area contributed by atoms with Crippen molar-refractivity contribution < 1.29 is 22.8 Å². The van der Waals surface area contributed by atoms with Gasteiger partial charge in [0.2, 0.25) is 0 Å². The van der Waals surface area contributed by atoms with Gasteiger partial charge in [0.15, 0.2) is 0 Å². The van der Waals surface area contributed by atoms with Crippen LogP contribution in [0.25, 0.3) is 10.4 Å². The van der Waals surface area contributed by atoms with Crippen LogP contribution in [0.3, 0.4) is 0 Å². The van der Waals surface area contributed by atoms with Crippen LogP contribution < -0.4 is 0 Å². The first-order valence-corrected chi connectivity index (χ1v) is 14.8. The van der Waals surface area contributed by atoms with E-state index in [2.05, 4.69) is 36.1 Å². The monoisotopic (exact) mass is 584 g/mol. The fraction of sp³-hybridized carbons (Fsp3) is 0.419. The van der Waals surface area contributed by atoms with Crippen molar-refractivity contribution in [2.24, 2.45) is 0 Å². The Morgan fingerprint density at radius 2 is 1.54 bits per heavy atom. The Bertz CT molecular complexity index is 1350. The first kappa shape index (κ1) is 29.1. The number of benzene rings is 2. The summed E-state index contributed by atoms with van der Waals surface area (Å²) >= 11 is 1.26. The molecule has 41 heavy (non-hydrogen) atoms. The quantitative estimate of drug-likeness (QED) is 0.328. The minimum absolute atomic E-state index is 0.0346. The van der Waals surface area contributed by atoms with E-state index in [4.69, 9.17) is 0 Å². The van der Waals surface area contributed by atoms with Crippen LogP contribution >= 0.6 is 11.3 Å². The van der Waals surface area contributed by atoms with E-state index >= 15 is 0 Å². The van der Waals surface area contributed by atoms with Crippen molar-refractivity contribution >= 4 is 23.3 Å². The van der Waals surface area contributed by atoms with Crippen LogP contribution in [-0.4, -0.2) is 83.4 Å². The number of nitrogens with zero attached hydrogens (tertiary/aromatic N) is 4. The highest BCUT2D eigenvalue weighted by molar-refractivity contribution is 7.17. The van der Waals surface area contributed by atoms with Gasteiger partial charge in [0.25, 0.3) is 5.91 Å². The Labute approximate surface area is 243 Å². The molecule has 3 heterocycles. The molecule has 0 bridgehead atoms. The van der Waals surface area contributed by atoms with Crippen molar-refractivity contribution in [1.29, 1.82) is 0 Å². The molecule has 0 radical (unpaired) electrons. The molecule has 0 aliphatic carbocycles. The first-order chi connectivity index (χ1) is 19.6. The molecule has 2 aromatic carbocycles. The zero-order valence-electron chi connectivity index (χ0n) is 23.3. The topological polar surface area (TPSA) is 47.1 Å². The number of thiophene rings is 1. The number of amides is 3. The van der Waals surface area contributed by atoms with Gasteiger partial charge in [-0.15, -0.1) is 11.3 Å². The number of likely N-dealkylation sites (tertiary alicyclic amines) is 2. The number of urea groups is 1. The van der Waals surface area contributed by atoms with Gasteiger partial charge in [-0.1, -0.05) is 49.4 Å². The largest absolute Gasteiger partial charge is 0.416 e. The van der Waals surface area contributed by atoms with Gasteiger partial charge in [-0.2, -0.15) is 13.2 Å². The Morgan fingerprint density at radius 1 is 0.902 bits per heavy atom. The van der Waals surface area contributed by atoms with Crippen molar-refractivity contribution in [3.8, 4) is 10.4 Å². The Morgan fingerprint density at radius 3 is 2.17 bits per heavy atom. The number of carbonyl (C=O) groups excluding carboxylic acids is 2. The molecule has 0 spiro atoms.